The van der Waals surface area contributed by atoms with Crippen molar-refractivity contribution in [2.24, 2.45) is 0 Å². The predicted octanol–water partition coefficient (Wildman–Crippen LogP) is 4.39. The SMILES string of the molecule is Cc1conc1C[C@@H](C)c1cccc(NC(=O)c2ccnc(C(F)(F)F)n2)c1. The lowest BCUT2D eigenvalue weighted by molar-refractivity contribution is -0.145. The Morgan fingerprint density at radius 1 is 1.29 bits per heavy atom. The number of amides is 1. The summed E-state index contributed by atoms with van der Waals surface area (Å²) in [6.45, 7) is 3.92. The molecule has 0 aliphatic heterocycles. The highest BCUT2D eigenvalue weighted by Gasteiger charge is 2.35. The molecule has 3 aromatic rings. The van der Waals surface area contributed by atoms with Gasteiger partial charge < -0.3 is 9.84 Å². The molecule has 2 heterocycles. The van der Waals surface area contributed by atoms with E-state index in [1.807, 2.05) is 19.9 Å². The number of aromatic nitrogens is 3. The van der Waals surface area contributed by atoms with Crippen molar-refractivity contribution in [3.63, 3.8) is 0 Å². The fraction of sp³-hybridized carbons (Fsp3) is 0.263. The van der Waals surface area contributed by atoms with E-state index >= 15 is 0 Å². The van der Waals surface area contributed by atoms with E-state index in [0.29, 0.717) is 12.1 Å². The number of alkyl halides is 3. The van der Waals surface area contributed by atoms with E-state index in [1.165, 1.54) is 0 Å². The molecule has 146 valence electrons. The van der Waals surface area contributed by atoms with Crippen LogP contribution in [-0.4, -0.2) is 21.0 Å². The molecule has 0 bridgehead atoms. The van der Waals surface area contributed by atoms with Crippen molar-refractivity contribution in [1.29, 1.82) is 0 Å². The number of hydrogen-bond donors (Lipinski definition) is 1. The molecule has 2 aromatic heterocycles. The summed E-state index contributed by atoms with van der Waals surface area (Å²) >= 11 is 0. The molecule has 0 radical (unpaired) electrons. The molecule has 3 rings (SSSR count). The Kier molecular flexibility index (Phi) is 5.43. The van der Waals surface area contributed by atoms with E-state index < -0.39 is 17.9 Å². The van der Waals surface area contributed by atoms with Gasteiger partial charge in [-0.3, -0.25) is 4.79 Å². The molecule has 0 spiro atoms. The number of nitrogens with zero attached hydrogens (tertiary/aromatic N) is 3. The van der Waals surface area contributed by atoms with Gasteiger partial charge >= 0.3 is 6.18 Å². The standard InChI is InChI=1S/C19H17F3N4O2/c1-11(8-16-12(2)10-28-26-16)13-4-3-5-14(9-13)24-17(27)15-6-7-23-18(25-15)19(20,21)22/h3-7,9-11H,8H2,1-2H3,(H,24,27)/t11-/m1/s1. The van der Waals surface area contributed by atoms with Crippen LogP contribution in [0.1, 0.15) is 46.0 Å². The Morgan fingerprint density at radius 3 is 2.75 bits per heavy atom. The van der Waals surface area contributed by atoms with Crippen molar-refractivity contribution in [1.82, 2.24) is 15.1 Å². The first-order chi connectivity index (χ1) is 13.2. The van der Waals surface area contributed by atoms with Crippen molar-refractivity contribution in [3.8, 4) is 0 Å². The Hall–Kier alpha value is -3.23. The van der Waals surface area contributed by atoms with Crippen molar-refractivity contribution in [3.05, 3.63) is 71.1 Å². The largest absolute Gasteiger partial charge is 0.451 e. The van der Waals surface area contributed by atoms with E-state index in [2.05, 4.69) is 20.4 Å². The van der Waals surface area contributed by atoms with E-state index in [1.54, 1.807) is 24.5 Å². The molecule has 9 heteroatoms. The smallest absolute Gasteiger partial charge is 0.364 e. The van der Waals surface area contributed by atoms with Crippen molar-refractivity contribution < 1.29 is 22.5 Å². The lowest BCUT2D eigenvalue weighted by Crippen LogP contribution is -2.18. The second-order valence-electron chi connectivity index (χ2n) is 6.39. The Bertz CT molecular complexity index is 985. The lowest BCUT2D eigenvalue weighted by Gasteiger charge is -2.13. The average Bonchev–Trinajstić information content (AvgIpc) is 3.06. The van der Waals surface area contributed by atoms with E-state index in [0.717, 1.165) is 29.1 Å². The van der Waals surface area contributed by atoms with Crippen molar-refractivity contribution >= 4 is 11.6 Å². The van der Waals surface area contributed by atoms with E-state index in [4.69, 9.17) is 4.52 Å². The van der Waals surface area contributed by atoms with Crippen LogP contribution < -0.4 is 5.32 Å². The number of carbonyl (C=O) groups excluding carboxylic acids is 1. The first-order valence-electron chi connectivity index (χ1n) is 8.45. The van der Waals surface area contributed by atoms with E-state index in [-0.39, 0.29) is 11.6 Å². The number of halogens is 3. The quantitative estimate of drug-likeness (QED) is 0.699. The molecule has 1 atom stereocenters. The normalized spacial score (nSPS) is 12.6. The molecule has 1 N–H and O–H groups in total. The molecule has 0 unspecified atom stereocenters. The van der Waals surface area contributed by atoms with Crippen LogP contribution in [0.15, 0.2) is 47.3 Å². The zero-order valence-electron chi connectivity index (χ0n) is 15.1. The minimum atomic E-state index is -4.72. The zero-order chi connectivity index (χ0) is 20.3. The number of carbonyl (C=O) groups is 1. The third-order valence-corrected chi connectivity index (χ3v) is 4.20. The number of aryl methyl sites for hydroxylation is 1. The van der Waals surface area contributed by atoms with Crippen LogP contribution in [0.3, 0.4) is 0 Å². The number of benzene rings is 1. The topological polar surface area (TPSA) is 80.9 Å². The number of rotatable bonds is 5. The first-order valence-corrected chi connectivity index (χ1v) is 8.45. The number of nitrogens with one attached hydrogen (secondary N) is 1. The zero-order valence-corrected chi connectivity index (χ0v) is 15.1. The third-order valence-electron chi connectivity index (χ3n) is 4.20. The summed E-state index contributed by atoms with van der Waals surface area (Å²) in [5.74, 6) is -2.01. The molecule has 1 aromatic carbocycles. The van der Waals surface area contributed by atoms with Crippen molar-refractivity contribution in [2.45, 2.75) is 32.4 Å². The summed E-state index contributed by atoms with van der Waals surface area (Å²) in [5, 5.41) is 6.54. The van der Waals surface area contributed by atoms with Gasteiger partial charge in [0.2, 0.25) is 5.82 Å². The van der Waals surface area contributed by atoms with Crippen LogP contribution in [0.2, 0.25) is 0 Å². The monoisotopic (exact) mass is 390 g/mol. The first kappa shape index (κ1) is 19.5. The third kappa shape index (κ3) is 4.54. The van der Waals surface area contributed by atoms with Crippen molar-refractivity contribution in [2.75, 3.05) is 5.32 Å². The molecule has 0 saturated heterocycles. The highest BCUT2D eigenvalue weighted by Crippen LogP contribution is 2.26. The van der Waals surface area contributed by atoms with Crippen LogP contribution >= 0.6 is 0 Å². The molecular weight excluding hydrogens is 373 g/mol. The molecule has 0 saturated carbocycles. The maximum atomic E-state index is 12.7. The molecule has 0 aliphatic rings. The average molecular weight is 390 g/mol. The van der Waals surface area contributed by atoms with Gasteiger partial charge in [0.25, 0.3) is 5.91 Å². The minimum absolute atomic E-state index is 0.0940. The van der Waals surface area contributed by atoms with Crippen LogP contribution in [0, 0.1) is 6.92 Å². The molecule has 0 aliphatic carbocycles. The number of hydrogen-bond acceptors (Lipinski definition) is 5. The lowest BCUT2D eigenvalue weighted by atomic mass is 9.95. The van der Waals surface area contributed by atoms with Gasteiger partial charge in [-0.2, -0.15) is 13.2 Å². The fourth-order valence-corrected chi connectivity index (χ4v) is 2.65. The van der Waals surface area contributed by atoms with Gasteiger partial charge in [0.05, 0.1) is 5.69 Å². The van der Waals surface area contributed by atoms with Gasteiger partial charge in [-0.05, 0) is 43.0 Å². The summed E-state index contributed by atoms with van der Waals surface area (Å²) < 4.78 is 43.1. The molecule has 28 heavy (non-hydrogen) atoms. The van der Waals surface area contributed by atoms with Gasteiger partial charge in [-0.1, -0.05) is 24.2 Å². The summed E-state index contributed by atoms with van der Waals surface area (Å²) in [4.78, 5) is 18.7. The van der Waals surface area contributed by atoms with Crippen LogP contribution in [0.4, 0.5) is 18.9 Å². The molecule has 1 amide bonds. The van der Waals surface area contributed by atoms with Gasteiger partial charge in [0.1, 0.15) is 12.0 Å². The second kappa shape index (κ2) is 7.79. The minimum Gasteiger partial charge on any atom is -0.364 e. The maximum Gasteiger partial charge on any atom is 0.451 e. The van der Waals surface area contributed by atoms with Gasteiger partial charge in [0, 0.05) is 17.4 Å². The summed E-state index contributed by atoms with van der Waals surface area (Å²) in [6.07, 6.45) is -1.58. The van der Waals surface area contributed by atoms with Gasteiger partial charge in [-0.25, -0.2) is 9.97 Å². The molecule has 0 fully saturated rings. The van der Waals surface area contributed by atoms with Crippen LogP contribution in [0.5, 0.6) is 0 Å². The Balaban J connectivity index is 1.74. The fourth-order valence-electron chi connectivity index (χ4n) is 2.65. The van der Waals surface area contributed by atoms with Crippen LogP contribution in [0.25, 0.3) is 0 Å². The second-order valence-corrected chi connectivity index (χ2v) is 6.39. The van der Waals surface area contributed by atoms with Crippen LogP contribution in [-0.2, 0) is 12.6 Å². The Labute approximate surface area is 158 Å². The predicted molar refractivity (Wildman–Crippen MR) is 94.8 cm³/mol. The highest BCUT2D eigenvalue weighted by atomic mass is 19.4. The summed E-state index contributed by atoms with van der Waals surface area (Å²) in [5.41, 5.74) is 2.85. The molecular formula is C19H17F3N4O2. The Morgan fingerprint density at radius 2 is 2.07 bits per heavy atom. The summed E-state index contributed by atoms with van der Waals surface area (Å²) in [7, 11) is 0. The molecule has 6 nitrogen and oxygen atoms in total. The maximum absolute atomic E-state index is 12.7. The highest BCUT2D eigenvalue weighted by molar-refractivity contribution is 6.02. The van der Waals surface area contributed by atoms with E-state index in [9.17, 15) is 18.0 Å². The van der Waals surface area contributed by atoms with Gasteiger partial charge in [-0.15, -0.1) is 0 Å². The number of anilines is 1. The van der Waals surface area contributed by atoms with Gasteiger partial charge in [0.15, 0.2) is 0 Å². The summed E-state index contributed by atoms with van der Waals surface area (Å²) in [6, 6.07) is 8.22.